The van der Waals surface area contributed by atoms with Crippen LogP contribution in [0.25, 0.3) is 0 Å². The van der Waals surface area contributed by atoms with Crippen LogP contribution in [0.2, 0.25) is 0 Å². The third kappa shape index (κ3) is 5.77. The van der Waals surface area contributed by atoms with E-state index in [2.05, 4.69) is 34.8 Å². The fourth-order valence-corrected chi connectivity index (χ4v) is 1.77. The van der Waals surface area contributed by atoms with E-state index in [0.717, 1.165) is 45.0 Å². The van der Waals surface area contributed by atoms with E-state index in [-0.39, 0.29) is 0 Å². The van der Waals surface area contributed by atoms with Gasteiger partial charge in [0.2, 0.25) is 0 Å². The molecule has 0 amide bonds. The van der Waals surface area contributed by atoms with Crippen molar-refractivity contribution in [2.45, 2.75) is 13.5 Å². The Morgan fingerprint density at radius 1 is 1.24 bits per heavy atom. The van der Waals surface area contributed by atoms with Crippen LogP contribution in [0.15, 0.2) is 24.4 Å². The predicted molar refractivity (Wildman–Crippen MR) is 71.7 cm³/mol. The van der Waals surface area contributed by atoms with Gasteiger partial charge in [0, 0.05) is 38.9 Å². The molecule has 0 aromatic carbocycles. The van der Waals surface area contributed by atoms with Crippen LogP contribution in [0, 0.1) is 0 Å². The number of hydrogen-bond donors (Lipinski definition) is 1. The van der Waals surface area contributed by atoms with Gasteiger partial charge in [0.25, 0.3) is 0 Å². The van der Waals surface area contributed by atoms with E-state index < -0.39 is 0 Å². The Kier molecular flexibility index (Phi) is 6.77. The van der Waals surface area contributed by atoms with Crippen LogP contribution in [-0.4, -0.2) is 54.6 Å². The summed E-state index contributed by atoms with van der Waals surface area (Å²) in [5, 5.41) is 0. The van der Waals surface area contributed by atoms with Crippen molar-refractivity contribution in [1.29, 1.82) is 0 Å². The van der Waals surface area contributed by atoms with Gasteiger partial charge in [-0.3, -0.25) is 9.88 Å². The highest BCUT2D eigenvalue weighted by molar-refractivity contribution is 5.02. The normalized spacial score (nSPS) is 11.4. The fourth-order valence-electron chi connectivity index (χ4n) is 1.77. The highest BCUT2D eigenvalue weighted by Crippen LogP contribution is 1.98. The van der Waals surface area contributed by atoms with Crippen molar-refractivity contribution in [3.63, 3.8) is 0 Å². The van der Waals surface area contributed by atoms with Crippen LogP contribution in [0.5, 0.6) is 0 Å². The van der Waals surface area contributed by atoms with Gasteiger partial charge in [-0.25, -0.2) is 0 Å². The Morgan fingerprint density at radius 2 is 2.06 bits per heavy atom. The monoisotopic (exact) mass is 236 g/mol. The number of likely N-dealkylation sites (N-methyl/N-ethyl adjacent to an activating group) is 2. The summed E-state index contributed by atoms with van der Waals surface area (Å²) in [7, 11) is 2.13. The van der Waals surface area contributed by atoms with Crippen molar-refractivity contribution in [2.75, 3.05) is 39.8 Å². The second-order valence-electron chi connectivity index (χ2n) is 4.28. The minimum Gasteiger partial charge on any atom is -0.329 e. The SMILES string of the molecule is CCN(CCN)CCN(C)Cc1ccccn1. The predicted octanol–water partition coefficient (Wildman–Crippen LogP) is 0.794. The molecule has 1 rings (SSSR count). The summed E-state index contributed by atoms with van der Waals surface area (Å²) in [6, 6.07) is 6.04. The zero-order chi connectivity index (χ0) is 12.5. The molecule has 0 aliphatic carbocycles. The van der Waals surface area contributed by atoms with Crippen LogP contribution in [0.1, 0.15) is 12.6 Å². The Labute approximate surface area is 104 Å². The Bertz CT molecular complexity index is 289. The van der Waals surface area contributed by atoms with Gasteiger partial charge in [-0.1, -0.05) is 13.0 Å². The van der Waals surface area contributed by atoms with Crippen LogP contribution >= 0.6 is 0 Å². The molecule has 4 heteroatoms. The maximum absolute atomic E-state index is 5.57. The molecule has 2 N–H and O–H groups in total. The van der Waals surface area contributed by atoms with Gasteiger partial charge >= 0.3 is 0 Å². The van der Waals surface area contributed by atoms with Gasteiger partial charge in [0.15, 0.2) is 0 Å². The van der Waals surface area contributed by atoms with Crippen molar-refractivity contribution < 1.29 is 0 Å². The fraction of sp³-hybridized carbons (Fsp3) is 0.615. The molecule has 0 bridgehead atoms. The standard InChI is InChI=1S/C13H24N4/c1-3-17(9-7-14)11-10-16(2)12-13-6-4-5-8-15-13/h4-6,8H,3,7,9-12,14H2,1-2H3. The molecule has 96 valence electrons. The lowest BCUT2D eigenvalue weighted by molar-refractivity contribution is 0.232. The molecule has 0 aliphatic rings. The molecular weight excluding hydrogens is 212 g/mol. The molecule has 17 heavy (non-hydrogen) atoms. The Morgan fingerprint density at radius 3 is 2.65 bits per heavy atom. The minimum atomic E-state index is 0.734. The molecule has 0 atom stereocenters. The molecule has 0 spiro atoms. The maximum atomic E-state index is 5.57. The summed E-state index contributed by atoms with van der Waals surface area (Å²) < 4.78 is 0. The van der Waals surface area contributed by atoms with Crippen molar-refractivity contribution in [1.82, 2.24) is 14.8 Å². The quantitative estimate of drug-likeness (QED) is 0.725. The zero-order valence-electron chi connectivity index (χ0n) is 11.0. The first-order valence-corrected chi connectivity index (χ1v) is 6.27. The van der Waals surface area contributed by atoms with Crippen molar-refractivity contribution in [2.24, 2.45) is 5.73 Å². The van der Waals surface area contributed by atoms with Crippen LogP contribution in [0.4, 0.5) is 0 Å². The summed E-state index contributed by atoms with van der Waals surface area (Å²) in [5.41, 5.74) is 6.69. The summed E-state index contributed by atoms with van der Waals surface area (Å²) in [6.45, 7) is 7.97. The topological polar surface area (TPSA) is 45.4 Å². The molecule has 4 nitrogen and oxygen atoms in total. The average Bonchev–Trinajstić information content (AvgIpc) is 2.35. The van der Waals surface area contributed by atoms with E-state index in [4.69, 9.17) is 5.73 Å². The van der Waals surface area contributed by atoms with Crippen molar-refractivity contribution in [3.05, 3.63) is 30.1 Å². The Balaban J connectivity index is 2.27. The molecule has 1 aromatic heterocycles. The first-order valence-electron chi connectivity index (χ1n) is 6.27. The third-order valence-corrected chi connectivity index (χ3v) is 2.85. The molecule has 1 aromatic rings. The highest BCUT2D eigenvalue weighted by atomic mass is 15.2. The van der Waals surface area contributed by atoms with Gasteiger partial charge in [-0.05, 0) is 25.7 Å². The van der Waals surface area contributed by atoms with Gasteiger partial charge in [-0.2, -0.15) is 0 Å². The van der Waals surface area contributed by atoms with E-state index in [9.17, 15) is 0 Å². The lowest BCUT2D eigenvalue weighted by Gasteiger charge is -2.23. The number of nitrogens with two attached hydrogens (primary N) is 1. The van der Waals surface area contributed by atoms with Gasteiger partial charge in [0.05, 0.1) is 5.69 Å². The molecular formula is C13H24N4. The van der Waals surface area contributed by atoms with E-state index in [1.807, 2.05) is 18.3 Å². The van der Waals surface area contributed by atoms with Crippen molar-refractivity contribution >= 4 is 0 Å². The van der Waals surface area contributed by atoms with Crippen molar-refractivity contribution in [3.8, 4) is 0 Å². The molecule has 0 radical (unpaired) electrons. The summed E-state index contributed by atoms with van der Waals surface area (Å²) >= 11 is 0. The summed E-state index contributed by atoms with van der Waals surface area (Å²) in [5.74, 6) is 0. The van der Waals surface area contributed by atoms with Crippen LogP contribution in [0.3, 0.4) is 0 Å². The molecule has 0 fully saturated rings. The second-order valence-corrected chi connectivity index (χ2v) is 4.28. The molecule has 0 unspecified atom stereocenters. The van der Waals surface area contributed by atoms with Crippen LogP contribution in [-0.2, 0) is 6.54 Å². The highest BCUT2D eigenvalue weighted by Gasteiger charge is 2.04. The minimum absolute atomic E-state index is 0.734. The lowest BCUT2D eigenvalue weighted by atomic mass is 10.3. The van der Waals surface area contributed by atoms with Gasteiger partial charge in [0.1, 0.15) is 0 Å². The largest absolute Gasteiger partial charge is 0.329 e. The van der Waals surface area contributed by atoms with E-state index in [0.29, 0.717) is 0 Å². The first kappa shape index (κ1) is 14.1. The van der Waals surface area contributed by atoms with Gasteiger partial charge < -0.3 is 10.6 Å². The molecule has 0 saturated heterocycles. The molecule has 0 saturated carbocycles. The number of hydrogen-bond acceptors (Lipinski definition) is 4. The lowest BCUT2D eigenvalue weighted by Crippen LogP contribution is -2.36. The number of aromatic nitrogens is 1. The second kappa shape index (κ2) is 8.17. The maximum Gasteiger partial charge on any atom is 0.0543 e. The van der Waals surface area contributed by atoms with Crippen LogP contribution < -0.4 is 5.73 Å². The molecule has 1 heterocycles. The zero-order valence-corrected chi connectivity index (χ0v) is 11.0. The van der Waals surface area contributed by atoms with E-state index in [1.165, 1.54) is 0 Å². The average molecular weight is 236 g/mol. The number of pyridine rings is 1. The van der Waals surface area contributed by atoms with Gasteiger partial charge in [-0.15, -0.1) is 0 Å². The summed E-state index contributed by atoms with van der Waals surface area (Å²) in [4.78, 5) is 8.99. The van der Waals surface area contributed by atoms with E-state index in [1.54, 1.807) is 0 Å². The summed E-state index contributed by atoms with van der Waals surface area (Å²) in [6.07, 6.45) is 1.84. The van der Waals surface area contributed by atoms with E-state index >= 15 is 0 Å². The number of nitrogens with zero attached hydrogens (tertiary/aromatic N) is 3. The molecule has 0 aliphatic heterocycles. The smallest absolute Gasteiger partial charge is 0.0543 e. The first-order chi connectivity index (χ1) is 8.26. The Hall–Kier alpha value is -0.970. The number of rotatable bonds is 8. The third-order valence-electron chi connectivity index (χ3n) is 2.85.